The van der Waals surface area contributed by atoms with Crippen LogP contribution < -0.4 is 4.74 Å². The Morgan fingerprint density at radius 3 is 2.50 bits per heavy atom. The number of hydrogen-bond donors (Lipinski definition) is 0. The van der Waals surface area contributed by atoms with E-state index in [0.717, 1.165) is 24.5 Å². The Labute approximate surface area is 152 Å². The first-order valence-electron chi connectivity index (χ1n) is 9.16. The van der Waals surface area contributed by atoms with Gasteiger partial charge in [-0.3, -0.25) is 0 Å². The Morgan fingerprint density at radius 2 is 1.73 bits per heavy atom. The summed E-state index contributed by atoms with van der Waals surface area (Å²) < 4.78 is 9.76. The molecule has 4 heteroatoms. The van der Waals surface area contributed by atoms with Gasteiger partial charge in [0, 0.05) is 29.4 Å². The zero-order valence-electron chi connectivity index (χ0n) is 14.9. The fourth-order valence-corrected chi connectivity index (χ4v) is 3.99. The summed E-state index contributed by atoms with van der Waals surface area (Å²) in [4.78, 5) is 0. The molecule has 0 N–H and O–H groups in total. The summed E-state index contributed by atoms with van der Waals surface area (Å²) in [6.45, 7) is 1.02. The van der Waals surface area contributed by atoms with Crippen molar-refractivity contribution in [1.82, 2.24) is 14.2 Å². The minimum Gasteiger partial charge on any atom is -0.497 e. The summed E-state index contributed by atoms with van der Waals surface area (Å²) in [5, 5.41) is 4.93. The number of hydrogen-bond acceptors (Lipinski definition) is 2. The zero-order chi connectivity index (χ0) is 17.5. The summed E-state index contributed by atoms with van der Waals surface area (Å²) >= 11 is 0. The maximum Gasteiger partial charge on any atom is 0.162 e. The molecule has 2 aromatic carbocycles. The quantitative estimate of drug-likeness (QED) is 0.534. The number of rotatable bonds is 3. The Balaban J connectivity index is 1.70. The van der Waals surface area contributed by atoms with Crippen molar-refractivity contribution >= 4 is 5.65 Å². The Kier molecular flexibility index (Phi) is 3.56. The van der Waals surface area contributed by atoms with Crippen LogP contribution in [0.3, 0.4) is 0 Å². The molecule has 1 aliphatic rings. The highest BCUT2D eigenvalue weighted by Crippen LogP contribution is 2.35. The third-order valence-electron chi connectivity index (χ3n) is 5.27. The van der Waals surface area contributed by atoms with Crippen molar-refractivity contribution in [3.63, 3.8) is 0 Å². The van der Waals surface area contributed by atoms with E-state index in [4.69, 9.17) is 9.84 Å². The first kappa shape index (κ1) is 15.3. The molecule has 0 radical (unpaired) electrons. The molecular weight excluding hydrogens is 322 g/mol. The Bertz CT molecular complexity index is 1060. The molecule has 0 amide bonds. The van der Waals surface area contributed by atoms with Gasteiger partial charge >= 0.3 is 0 Å². The third-order valence-corrected chi connectivity index (χ3v) is 5.27. The SMILES string of the molecule is COc1ccc(-c2cn3nc(-c4ccccc4)n4c3c2CCCC4)cc1. The highest BCUT2D eigenvalue weighted by molar-refractivity contribution is 5.77. The molecule has 0 spiro atoms. The molecule has 4 aromatic rings. The van der Waals surface area contributed by atoms with Crippen LogP contribution >= 0.6 is 0 Å². The van der Waals surface area contributed by atoms with E-state index in [2.05, 4.69) is 57.7 Å². The molecule has 0 saturated carbocycles. The Hall–Kier alpha value is -3.01. The van der Waals surface area contributed by atoms with Crippen LogP contribution in [-0.4, -0.2) is 21.3 Å². The van der Waals surface area contributed by atoms with Crippen molar-refractivity contribution in [3.8, 4) is 28.3 Å². The number of nitrogens with zero attached hydrogens (tertiary/aromatic N) is 3. The molecule has 0 aliphatic carbocycles. The van der Waals surface area contributed by atoms with Crippen LogP contribution in [0.5, 0.6) is 5.75 Å². The average molecular weight is 343 g/mol. The second kappa shape index (κ2) is 6.06. The van der Waals surface area contributed by atoms with Crippen molar-refractivity contribution in [1.29, 1.82) is 0 Å². The van der Waals surface area contributed by atoms with E-state index in [1.165, 1.54) is 40.7 Å². The maximum absolute atomic E-state index is 5.30. The molecule has 0 atom stereocenters. The number of aryl methyl sites for hydroxylation is 2. The largest absolute Gasteiger partial charge is 0.497 e. The smallest absolute Gasteiger partial charge is 0.162 e. The van der Waals surface area contributed by atoms with Crippen molar-refractivity contribution < 1.29 is 4.74 Å². The fourth-order valence-electron chi connectivity index (χ4n) is 3.99. The van der Waals surface area contributed by atoms with Gasteiger partial charge in [0.15, 0.2) is 5.82 Å². The molecule has 26 heavy (non-hydrogen) atoms. The van der Waals surface area contributed by atoms with Gasteiger partial charge in [-0.2, -0.15) is 0 Å². The monoisotopic (exact) mass is 343 g/mol. The highest BCUT2D eigenvalue weighted by Gasteiger charge is 2.22. The molecule has 2 aromatic heterocycles. The first-order valence-corrected chi connectivity index (χ1v) is 9.16. The molecule has 130 valence electrons. The van der Waals surface area contributed by atoms with E-state index in [1.807, 2.05) is 12.1 Å². The van der Waals surface area contributed by atoms with Gasteiger partial charge in [0.05, 0.1) is 7.11 Å². The van der Waals surface area contributed by atoms with Crippen molar-refractivity contribution in [2.24, 2.45) is 0 Å². The first-order chi connectivity index (χ1) is 12.8. The zero-order valence-corrected chi connectivity index (χ0v) is 14.9. The molecule has 0 fully saturated rings. The molecule has 0 unspecified atom stereocenters. The topological polar surface area (TPSA) is 31.5 Å². The van der Waals surface area contributed by atoms with Crippen LogP contribution in [-0.2, 0) is 13.0 Å². The average Bonchev–Trinajstić information content (AvgIpc) is 3.13. The number of methoxy groups -OCH3 is 1. The molecular formula is C22H21N3O. The third kappa shape index (κ3) is 2.33. The van der Waals surface area contributed by atoms with Gasteiger partial charge in [0.25, 0.3) is 0 Å². The standard InChI is InChI=1S/C22H21N3O/c1-26-18-12-10-16(11-13-18)20-15-25-22-19(20)9-5-6-14-24(22)21(23-25)17-7-3-2-4-8-17/h2-4,7-8,10-13,15H,5-6,9,14H2,1H3. The molecule has 0 saturated heterocycles. The van der Waals surface area contributed by atoms with Gasteiger partial charge < -0.3 is 9.30 Å². The molecule has 5 rings (SSSR count). The van der Waals surface area contributed by atoms with Crippen LogP contribution in [0, 0.1) is 0 Å². The minimum absolute atomic E-state index is 0.886. The number of aromatic nitrogens is 3. The number of ether oxygens (including phenoxy) is 1. The van der Waals surface area contributed by atoms with E-state index in [-0.39, 0.29) is 0 Å². The highest BCUT2D eigenvalue weighted by atomic mass is 16.5. The van der Waals surface area contributed by atoms with Crippen molar-refractivity contribution in [2.45, 2.75) is 25.8 Å². The van der Waals surface area contributed by atoms with Gasteiger partial charge in [0.2, 0.25) is 0 Å². The Morgan fingerprint density at radius 1 is 0.923 bits per heavy atom. The van der Waals surface area contributed by atoms with Crippen LogP contribution in [0.1, 0.15) is 18.4 Å². The number of benzene rings is 2. The lowest BCUT2D eigenvalue weighted by Gasteiger charge is -2.07. The lowest BCUT2D eigenvalue weighted by Crippen LogP contribution is -1.99. The van der Waals surface area contributed by atoms with Gasteiger partial charge in [-0.05, 0) is 37.0 Å². The van der Waals surface area contributed by atoms with E-state index in [0.29, 0.717) is 0 Å². The minimum atomic E-state index is 0.886. The lowest BCUT2D eigenvalue weighted by molar-refractivity contribution is 0.415. The fraction of sp³-hybridized carbons (Fsp3) is 0.227. The van der Waals surface area contributed by atoms with Crippen LogP contribution in [0.25, 0.3) is 28.2 Å². The van der Waals surface area contributed by atoms with Gasteiger partial charge in [-0.15, -0.1) is 5.10 Å². The summed E-state index contributed by atoms with van der Waals surface area (Å²) in [6, 6.07) is 18.8. The molecule has 4 nitrogen and oxygen atoms in total. The maximum atomic E-state index is 5.30. The normalized spacial score (nSPS) is 13.7. The van der Waals surface area contributed by atoms with E-state index < -0.39 is 0 Å². The van der Waals surface area contributed by atoms with Gasteiger partial charge in [0.1, 0.15) is 11.4 Å². The van der Waals surface area contributed by atoms with E-state index >= 15 is 0 Å². The van der Waals surface area contributed by atoms with Gasteiger partial charge in [-0.25, -0.2) is 4.52 Å². The summed E-state index contributed by atoms with van der Waals surface area (Å²) in [5.74, 6) is 1.95. The molecule has 0 bridgehead atoms. The molecule has 3 heterocycles. The van der Waals surface area contributed by atoms with Gasteiger partial charge in [-0.1, -0.05) is 42.5 Å². The van der Waals surface area contributed by atoms with Crippen LogP contribution in [0.15, 0.2) is 60.8 Å². The summed E-state index contributed by atoms with van der Waals surface area (Å²) in [6.07, 6.45) is 5.67. The van der Waals surface area contributed by atoms with Crippen LogP contribution in [0.4, 0.5) is 0 Å². The summed E-state index contributed by atoms with van der Waals surface area (Å²) in [5.41, 5.74) is 6.33. The summed E-state index contributed by atoms with van der Waals surface area (Å²) in [7, 11) is 1.70. The van der Waals surface area contributed by atoms with Crippen molar-refractivity contribution in [2.75, 3.05) is 7.11 Å². The van der Waals surface area contributed by atoms with E-state index in [1.54, 1.807) is 7.11 Å². The predicted molar refractivity (Wildman–Crippen MR) is 104 cm³/mol. The molecule has 1 aliphatic heterocycles. The van der Waals surface area contributed by atoms with Crippen LogP contribution in [0.2, 0.25) is 0 Å². The lowest BCUT2D eigenvalue weighted by atomic mass is 10.0. The second-order valence-corrected chi connectivity index (χ2v) is 6.82. The second-order valence-electron chi connectivity index (χ2n) is 6.82. The predicted octanol–water partition coefficient (Wildman–Crippen LogP) is 4.81. The van der Waals surface area contributed by atoms with Crippen molar-refractivity contribution in [3.05, 3.63) is 66.4 Å². The van der Waals surface area contributed by atoms with E-state index in [9.17, 15) is 0 Å².